The van der Waals surface area contributed by atoms with Gasteiger partial charge in [-0.1, -0.05) is 0 Å². The Balaban J connectivity index is 3.19. The molecule has 0 N–H and O–H groups in total. The summed E-state index contributed by atoms with van der Waals surface area (Å²) < 4.78 is 17.0. The van der Waals surface area contributed by atoms with Gasteiger partial charge in [0.2, 0.25) is 0 Å². The molecular weight excluding hydrogens is 195 g/mol. The van der Waals surface area contributed by atoms with E-state index in [1.54, 1.807) is 0 Å². The van der Waals surface area contributed by atoms with Gasteiger partial charge < -0.3 is 4.74 Å². The molecule has 0 unspecified atom stereocenters. The second-order valence-electron chi connectivity index (χ2n) is 2.28. The van der Waals surface area contributed by atoms with Gasteiger partial charge in [-0.15, -0.1) is 0 Å². The number of hydrogen-bond donors (Lipinski definition) is 0. The predicted molar refractivity (Wildman–Crippen MR) is 42.2 cm³/mol. The third kappa shape index (κ3) is 1.82. The smallest absolute Gasteiger partial charge is 0.339 e. The van der Waals surface area contributed by atoms with E-state index in [2.05, 4.69) is 9.72 Å². The topological polar surface area (TPSA) is 82.3 Å². The standard InChI is InChI=1S/C7H5FN2O4/c1-14-7(11)4-2-5(10(12)13)6(8)9-3-4/h2-3H,1H3. The van der Waals surface area contributed by atoms with Crippen molar-refractivity contribution in [3.05, 3.63) is 33.9 Å². The molecular formula is C7H5FN2O4. The van der Waals surface area contributed by atoms with Gasteiger partial charge in [0.1, 0.15) is 0 Å². The molecule has 1 aromatic rings. The number of pyridine rings is 1. The van der Waals surface area contributed by atoms with Gasteiger partial charge in [-0.2, -0.15) is 4.39 Å². The fourth-order valence-electron chi connectivity index (χ4n) is 0.794. The summed E-state index contributed by atoms with van der Waals surface area (Å²) in [6.07, 6.45) is 0.869. The lowest BCUT2D eigenvalue weighted by Gasteiger charge is -1.98. The van der Waals surface area contributed by atoms with Crippen molar-refractivity contribution in [3.63, 3.8) is 0 Å². The Morgan fingerprint density at radius 2 is 2.36 bits per heavy atom. The number of carbonyl (C=O) groups is 1. The van der Waals surface area contributed by atoms with Gasteiger partial charge >= 0.3 is 11.7 Å². The molecule has 0 saturated carbocycles. The zero-order chi connectivity index (χ0) is 10.7. The summed E-state index contributed by atoms with van der Waals surface area (Å²) in [7, 11) is 1.11. The summed E-state index contributed by atoms with van der Waals surface area (Å²) in [5.74, 6) is -2.04. The Morgan fingerprint density at radius 3 is 2.86 bits per heavy atom. The van der Waals surface area contributed by atoms with Gasteiger partial charge in [-0.05, 0) is 0 Å². The van der Waals surface area contributed by atoms with Crippen molar-refractivity contribution in [2.75, 3.05) is 7.11 Å². The van der Waals surface area contributed by atoms with Crippen molar-refractivity contribution in [1.29, 1.82) is 0 Å². The molecule has 0 saturated heterocycles. The Bertz CT molecular complexity index is 393. The molecule has 0 amide bonds. The van der Waals surface area contributed by atoms with E-state index in [9.17, 15) is 19.3 Å². The number of nitro groups is 1. The van der Waals surface area contributed by atoms with Crippen molar-refractivity contribution in [1.82, 2.24) is 4.98 Å². The molecule has 0 spiro atoms. The summed E-state index contributed by atoms with van der Waals surface area (Å²) in [5, 5.41) is 10.3. The van der Waals surface area contributed by atoms with E-state index in [0.29, 0.717) is 0 Å². The van der Waals surface area contributed by atoms with Gasteiger partial charge in [-0.3, -0.25) is 10.1 Å². The highest BCUT2D eigenvalue weighted by molar-refractivity contribution is 5.89. The van der Waals surface area contributed by atoms with Crippen molar-refractivity contribution >= 4 is 11.7 Å². The van der Waals surface area contributed by atoms with Crippen LogP contribution in [0, 0.1) is 16.1 Å². The maximum Gasteiger partial charge on any atom is 0.339 e. The second-order valence-corrected chi connectivity index (χ2v) is 2.28. The van der Waals surface area contributed by atoms with Crippen molar-refractivity contribution in [2.45, 2.75) is 0 Å². The molecule has 6 nitrogen and oxygen atoms in total. The molecule has 0 aliphatic heterocycles. The molecule has 0 radical (unpaired) electrons. The van der Waals surface area contributed by atoms with Crippen LogP contribution in [0.25, 0.3) is 0 Å². The zero-order valence-electron chi connectivity index (χ0n) is 7.06. The number of hydrogen-bond acceptors (Lipinski definition) is 5. The number of nitrogens with zero attached hydrogens (tertiary/aromatic N) is 2. The summed E-state index contributed by atoms with van der Waals surface area (Å²) in [6, 6.07) is 0.772. The van der Waals surface area contributed by atoms with E-state index in [4.69, 9.17) is 0 Å². The molecule has 1 heterocycles. The summed E-state index contributed by atoms with van der Waals surface area (Å²) in [5.41, 5.74) is -1.02. The number of ether oxygens (including phenoxy) is 1. The second kappa shape index (κ2) is 3.77. The lowest BCUT2D eigenvalue weighted by molar-refractivity contribution is -0.388. The van der Waals surface area contributed by atoms with Crippen molar-refractivity contribution in [2.24, 2.45) is 0 Å². The first-order chi connectivity index (χ1) is 6.56. The number of methoxy groups -OCH3 is 1. The maximum atomic E-state index is 12.7. The van der Waals surface area contributed by atoms with Gasteiger partial charge in [0.05, 0.1) is 17.6 Å². The molecule has 74 valence electrons. The SMILES string of the molecule is COC(=O)c1cnc(F)c([N+](=O)[O-])c1. The fourth-order valence-corrected chi connectivity index (χ4v) is 0.794. The quantitative estimate of drug-likeness (QED) is 0.306. The van der Waals surface area contributed by atoms with Crippen LogP contribution in [0.1, 0.15) is 10.4 Å². The first-order valence-corrected chi connectivity index (χ1v) is 3.44. The largest absolute Gasteiger partial charge is 0.465 e. The Hall–Kier alpha value is -2.05. The summed E-state index contributed by atoms with van der Waals surface area (Å²) in [4.78, 5) is 23.2. The highest BCUT2D eigenvalue weighted by atomic mass is 19.1. The third-order valence-electron chi connectivity index (χ3n) is 1.44. The van der Waals surface area contributed by atoms with Crippen LogP contribution in [-0.2, 0) is 4.74 Å². The van der Waals surface area contributed by atoms with Crippen molar-refractivity contribution < 1.29 is 18.8 Å². The average Bonchev–Trinajstić information content (AvgIpc) is 2.17. The zero-order valence-corrected chi connectivity index (χ0v) is 7.06. The molecule has 0 aromatic carbocycles. The monoisotopic (exact) mass is 200 g/mol. The molecule has 7 heteroatoms. The van der Waals surface area contributed by atoms with Gasteiger partial charge in [0, 0.05) is 12.3 Å². The average molecular weight is 200 g/mol. The van der Waals surface area contributed by atoms with E-state index >= 15 is 0 Å². The minimum atomic E-state index is -1.23. The van der Waals surface area contributed by atoms with E-state index in [1.807, 2.05) is 0 Å². The van der Waals surface area contributed by atoms with Crippen LogP contribution in [-0.4, -0.2) is 23.0 Å². The normalized spacial score (nSPS) is 9.57. The van der Waals surface area contributed by atoms with Gasteiger partial charge in [0.15, 0.2) is 0 Å². The van der Waals surface area contributed by atoms with Crippen LogP contribution < -0.4 is 0 Å². The number of rotatable bonds is 2. The molecule has 0 atom stereocenters. The van der Waals surface area contributed by atoms with E-state index in [-0.39, 0.29) is 5.56 Å². The first-order valence-electron chi connectivity index (χ1n) is 3.44. The third-order valence-corrected chi connectivity index (χ3v) is 1.44. The fraction of sp³-hybridized carbons (Fsp3) is 0.143. The molecule has 0 bridgehead atoms. The number of esters is 1. The lowest BCUT2D eigenvalue weighted by Crippen LogP contribution is -2.04. The number of aromatic nitrogens is 1. The van der Waals surface area contributed by atoms with Crippen LogP contribution >= 0.6 is 0 Å². The molecule has 0 aliphatic carbocycles. The lowest BCUT2D eigenvalue weighted by atomic mass is 10.2. The van der Waals surface area contributed by atoms with E-state index in [0.717, 1.165) is 19.4 Å². The minimum absolute atomic E-state index is 0.166. The number of halogens is 1. The van der Waals surface area contributed by atoms with Gasteiger partial charge in [-0.25, -0.2) is 9.78 Å². The van der Waals surface area contributed by atoms with Gasteiger partial charge in [0.25, 0.3) is 5.95 Å². The summed E-state index contributed by atoms with van der Waals surface area (Å²) in [6.45, 7) is 0. The Morgan fingerprint density at radius 1 is 1.71 bits per heavy atom. The molecule has 1 rings (SSSR count). The number of carbonyl (C=O) groups excluding carboxylic acids is 1. The molecule has 0 fully saturated rings. The van der Waals surface area contributed by atoms with Crippen LogP contribution in [0.3, 0.4) is 0 Å². The molecule has 14 heavy (non-hydrogen) atoms. The van der Waals surface area contributed by atoms with Crippen LogP contribution in [0.5, 0.6) is 0 Å². The Kier molecular flexibility index (Phi) is 2.70. The minimum Gasteiger partial charge on any atom is -0.465 e. The van der Waals surface area contributed by atoms with Crippen LogP contribution in [0.15, 0.2) is 12.3 Å². The van der Waals surface area contributed by atoms with E-state index in [1.165, 1.54) is 0 Å². The highest BCUT2D eigenvalue weighted by Crippen LogP contribution is 2.16. The first kappa shape index (κ1) is 10.0. The molecule has 1 aromatic heterocycles. The van der Waals surface area contributed by atoms with Crippen LogP contribution in [0.2, 0.25) is 0 Å². The Labute approximate surface area is 77.5 Å². The van der Waals surface area contributed by atoms with Crippen molar-refractivity contribution in [3.8, 4) is 0 Å². The summed E-state index contributed by atoms with van der Waals surface area (Å²) >= 11 is 0. The predicted octanol–water partition coefficient (Wildman–Crippen LogP) is 0.915. The maximum absolute atomic E-state index is 12.7. The van der Waals surface area contributed by atoms with Crippen LogP contribution in [0.4, 0.5) is 10.1 Å². The highest BCUT2D eigenvalue weighted by Gasteiger charge is 2.18. The molecule has 0 aliphatic rings. The van der Waals surface area contributed by atoms with E-state index < -0.39 is 22.5 Å².